The Balaban J connectivity index is 1.67. The highest BCUT2D eigenvalue weighted by Crippen LogP contribution is 2.17. The van der Waals surface area contributed by atoms with Crippen LogP contribution in [0.4, 0.5) is 0 Å². The molecule has 0 aliphatic carbocycles. The summed E-state index contributed by atoms with van der Waals surface area (Å²) in [6, 6.07) is 21.4. The zero-order valence-electron chi connectivity index (χ0n) is 12.4. The summed E-state index contributed by atoms with van der Waals surface area (Å²) in [7, 11) is 0. The molecule has 0 unspecified atom stereocenters. The van der Waals surface area contributed by atoms with Gasteiger partial charge in [-0.25, -0.2) is 0 Å². The lowest BCUT2D eigenvalue weighted by Crippen LogP contribution is -2.31. The van der Waals surface area contributed by atoms with E-state index < -0.39 is 0 Å². The molecule has 0 saturated carbocycles. The molecular weight excluding hydrogens is 258 g/mol. The topological polar surface area (TPSA) is 12.5 Å². The predicted octanol–water partition coefficient (Wildman–Crippen LogP) is 3.87. The Morgan fingerprint density at radius 2 is 1.43 bits per heavy atom. The van der Waals surface area contributed by atoms with E-state index in [0.29, 0.717) is 6.10 Å². The Hall–Kier alpha value is -1.64. The van der Waals surface area contributed by atoms with Gasteiger partial charge in [-0.15, -0.1) is 0 Å². The van der Waals surface area contributed by atoms with Gasteiger partial charge in [0.25, 0.3) is 0 Å². The van der Waals surface area contributed by atoms with Crippen molar-refractivity contribution in [1.29, 1.82) is 0 Å². The smallest absolute Gasteiger partial charge is 0.0703 e. The van der Waals surface area contributed by atoms with E-state index in [0.717, 1.165) is 26.2 Å². The van der Waals surface area contributed by atoms with Gasteiger partial charge in [-0.1, -0.05) is 60.7 Å². The lowest BCUT2D eigenvalue weighted by atomic mass is 10.1. The van der Waals surface area contributed by atoms with E-state index in [4.69, 9.17) is 4.74 Å². The van der Waals surface area contributed by atoms with Crippen LogP contribution < -0.4 is 0 Å². The van der Waals surface area contributed by atoms with E-state index in [1.165, 1.54) is 24.0 Å². The summed E-state index contributed by atoms with van der Waals surface area (Å²) in [5.41, 5.74) is 2.73. The molecule has 2 nitrogen and oxygen atoms in total. The maximum atomic E-state index is 5.82. The van der Waals surface area contributed by atoms with Crippen molar-refractivity contribution in [3.8, 4) is 0 Å². The first-order valence-electron chi connectivity index (χ1n) is 7.82. The summed E-state index contributed by atoms with van der Waals surface area (Å²) >= 11 is 0. The van der Waals surface area contributed by atoms with Gasteiger partial charge in [-0.2, -0.15) is 0 Å². The van der Waals surface area contributed by atoms with Crippen molar-refractivity contribution in [3.05, 3.63) is 71.8 Å². The van der Waals surface area contributed by atoms with Crippen molar-refractivity contribution in [2.75, 3.05) is 13.2 Å². The molecule has 0 spiro atoms. The van der Waals surface area contributed by atoms with Gasteiger partial charge >= 0.3 is 0 Å². The highest BCUT2D eigenvalue weighted by molar-refractivity contribution is 5.17. The highest BCUT2D eigenvalue weighted by Gasteiger charge is 2.19. The molecule has 1 aliphatic heterocycles. The van der Waals surface area contributed by atoms with Gasteiger partial charge in [-0.3, -0.25) is 4.90 Å². The quantitative estimate of drug-likeness (QED) is 0.797. The fourth-order valence-corrected chi connectivity index (χ4v) is 2.94. The SMILES string of the molecule is c1ccc(CN(Cc2ccccc2)C[C@@H]2CCCO2)cc1. The van der Waals surface area contributed by atoms with Crippen molar-refractivity contribution in [3.63, 3.8) is 0 Å². The van der Waals surface area contributed by atoms with Crippen LogP contribution in [0.25, 0.3) is 0 Å². The first-order valence-corrected chi connectivity index (χ1v) is 7.82. The number of benzene rings is 2. The fourth-order valence-electron chi connectivity index (χ4n) is 2.94. The monoisotopic (exact) mass is 281 g/mol. The number of ether oxygens (including phenoxy) is 1. The molecule has 1 saturated heterocycles. The summed E-state index contributed by atoms with van der Waals surface area (Å²) < 4.78 is 5.82. The Morgan fingerprint density at radius 1 is 0.857 bits per heavy atom. The normalized spacial score (nSPS) is 18.2. The third-order valence-corrected chi connectivity index (χ3v) is 3.98. The third kappa shape index (κ3) is 4.42. The molecule has 3 rings (SSSR count). The zero-order valence-corrected chi connectivity index (χ0v) is 12.4. The number of rotatable bonds is 6. The second-order valence-electron chi connectivity index (χ2n) is 5.78. The van der Waals surface area contributed by atoms with Crippen LogP contribution in [0.5, 0.6) is 0 Å². The van der Waals surface area contributed by atoms with E-state index in [9.17, 15) is 0 Å². The summed E-state index contributed by atoms with van der Waals surface area (Å²) in [5.74, 6) is 0. The minimum atomic E-state index is 0.400. The fraction of sp³-hybridized carbons (Fsp3) is 0.368. The molecule has 21 heavy (non-hydrogen) atoms. The van der Waals surface area contributed by atoms with E-state index in [2.05, 4.69) is 65.6 Å². The Labute approximate surface area is 127 Å². The van der Waals surface area contributed by atoms with Crippen LogP contribution >= 0.6 is 0 Å². The molecule has 1 heterocycles. The molecule has 0 aromatic heterocycles. The van der Waals surface area contributed by atoms with Crippen molar-refractivity contribution < 1.29 is 4.74 Å². The molecule has 0 bridgehead atoms. The molecule has 1 aliphatic rings. The maximum absolute atomic E-state index is 5.82. The third-order valence-electron chi connectivity index (χ3n) is 3.98. The average Bonchev–Trinajstić information content (AvgIpc) is 3.02. The lowest BCUT2D eigenvalue weighted by Gasteiger charge is -2.25. The number of hydrogen-bond acceptors (Lipinski definition) is 2. The lowest BCUT2D eigenvalue weighted by molar-refractivity contribution is 0.0679. The summed E-state index contributed by atoms with van der Waals surface area (Å²) in [4.78, 5) is 2.50. The van der Waals surface area contributed by atoms with Gasteiger partial charge in [0.2, 0.25) is 0 Å². The Morgan fingerprint density at radius 3 is 1.90 bits per heavy atom. The van der Waals surface area contributed by atoms with E-state index in [-0.39, 0.29) is 0 Å². The van der Waals surface area contributed by atoms with Crippen LogP contribution in [0.15, 0.2) is 60.7 Å². The summed E-state index contributed by atoms with van der Waals surface area (Å²) in [6.45, 7) is 3.91. The van der Waals surface area contributed by atoms with Crippen molar-refractivity contribution in [1.82, 2.24) is 4.90 Å². The van der Waals surface area contributed by atoms with E-state index in [1.54, 1.807) is 0 Å². The second kappa shape index (κ2) is 7.39. The van der Waals surface area contributed by atoms with Crippen LogP contribution in [0.1, 0.15) is 24.0 Å². The summed E-state index contributed by atoms with van der Waals surface area (Å²) in [6.07, 6.45) is 2.80. The largest absolute Gasteiger partial charge is 0.377 e. The number of nitrogens with zero attached hydrogens (tertiary/aromatic N) is 1. The Kier molecular flexibility index (Phi) is 5.03. The summed E-state index contributed by atoms with van der Waals surface area (Å²) in [5, 5.41) is 0. The van der Waals surface area contributed by atoms with Crippen LogP contribution in [-0.4, -0.2) is 24.2 Å². The molecule has 2 aromatic carbocycles. The predicted molar refractivity (Wildman–Crippen MR) is 86.0 cm³/mol. The molecule has 2 heteroatoms. The molecule has 0 radical (unpaired) electrons. The Bertz CT molecular complexity index is 478. The average molecular weight is 281 g/mol. The van der Waals surface area contributed by atoms with Crippen LogP contribution in [0, 0.1) is 0 Å². The first-order chi connectivity index (χ1) is 10.4. The van der Waals surface area contributed by atoms with Gasteiger partial charge in [0.05, 0.1) is 6.10 Å². The standard InChI is InChI=1S/C19H23NO/c1-3-8-17(9-4-1)14-20(16-19-12-7-13-21-19)15-18-10-5-2-6-11-18/h1-6,8-11,19H,7,12-16H2/t19-/m0/s1. The van der Waals surface area contributed by atoms with Gasteiger partial charge in [0, 0.05) is 26.2 Å². The van der Waals surface area contributed by atoms with E-state index >= 15 is 0 Å². The molecule has 110 valence electrons. The van der Waals surface area contributed by atoms with Crippen LogP contribution in [0.3, 0.4) is 0 Å². The van der Waals surface area contributed by atoms with Crippen molar-refractivity contribution in [2.45, 2.75) is 32.0 Å². The molecule has 0 N–H and O–H groups in total. The molecule has 2 aromatic rings. The van der Waals surface area contributed by atoms with Crippen LogP contribution in [-0.2, 0) is 17.8 Å². The first kappa shape index (κ1) is 14.3. The molecule has 1 fully saturated rings. The molecule has 0 amide bonds. The molecular formula is C19H23NO. The van der Waals surface area contributed by atoms with Gasteiger partial charge in [0.1, 0.15) is 0 Å². The highest BCUT2D eigenvalue weighted by atomic mass is 16.5. The van der Waals surface area contributed by atoms with Crippen LogP contribution in [0.2, 0.25) is 0 Å². The zero-order chi connectivity index (χ0) is 14.3. The van der Waals surface area contributed by atoms with Crippen molar-refractivity contribution in [2.24, 2.45) is 0 Å². The molecule has 1 atom stereocenters. The number of hydrogen-bond donors (Lipinski definition) is 0. The minimum absolute atomic E-state index is 0.400. The van der Waals surface area contributed by atoms with Gasteiger partial charge in [-0.05, 0) is 24.0 Å². The second-order valence-corrected chi connectivity index (χ2v) is 5.78. The minimum Gasteiger partial charge on any atom is -0.377 e. The van der Waals surface area contributed by atoms with Crippen molar-refractivity contribution >= 4 is 0 Å². The van der Waals surface area contributed by atoms with Gasteiger partial charge in [0.15, 0.2) is 0 Å². The maximum Gasteiger partial charge on any atom is 0.0703 e. The van der Waals surface area contributed by atoms with E-state index in [1.807, 2.05) is 0 Å². The van der Waals surface area contributed by atoms with Gasteiger partial charge < -0.3 is 4.74 Å².